The van der Waals surface area contributed by atoms with E-state index in [0.717, 1.165) is 31.5 Å². The van der Waals surface area contributed by atoms with E-state index in [0.29, 0.717) is 12.5 Å². The van der Waals surface area contributed by atoms with E-state index in [2.05, 4.69) is 46.3 Å². The van der Waals surface area contributed by atoms with Crippen molar-refractivity contribution in [2.45, 2.75) is 63.6 Å². The molecule has 0 aromatic heterocycles. The number of aliphatic hydroxyl groups is 1. The summed E-state index contributed by atoms with van der Waals surface area (Å²) >= 11 is 0. The first kappa shape index (κ1) is 20.3. The average molecular weight is 396 g/mol. The summed E-state index contributed by atoms with van der Waals surface area (Å²) in [5, 5.41) is 13.1. The third-order valence-corrected chi connectivity index (χ3v) is 6.36. The van der Waals surface area contributed by atoms with E-state index in [1.165, 1.54) is 18.4 Å². The quantitative estimate of drug-likeness (QED) is 0.774. The molecule has 3 atom stereocenters. The van der Waals surface area contributed by atoms with Gasteiger partial charge in [0.15, 0.2) is 0 Å². The van der Waals surface area contributed by atoms with E-state index < -0.39 is 0 Å². The summed E-state index contributed by atoms with van der Waals surface area (Å²) in [6.07, 6.45) is 4.54. The van der Waals surface area contributed by atoms with Crippen molar-refractivity contribution >= 4 is 6.03 Å². The van der Waals surface area contributed by atoms with E-state index >= 15 is 0 Å². The molecule has 0 radical (unpaired) electrons. The molecule has 0 unspecified atom stereocenters. The van der Waals surface area contributed by atoms with Crippen molar-refractivity contribution in [3.63, 3.8) is 0 Å². The van der Waals surface area contributed by atoms with Crippen LogP contribution in [0.5, 0.6) is 0 Å². The molecule has 0 bridgehead atoms. The van der Waals surface area contributed by atoms with Gasteiger partial charge in [-0.25, -0.2) is 4.79 Å². The average Bonchev–Trinajstić information content (AvgIpc) is 3.50. The Balaban J connectivity index is 1.50. The van der Waals surface area contributed by atoms with E-state index in [4.69, 9.17) is 0 Å². The number of hydrogen-bond donors (Lipinski definition) is 2. The van der Waals surface area contributed by atoms with Crippen LogP contribution >= 0.6 is 0 Å². The summed E-state index contributed by atoms with van der Waals surface area (Å²) in [6, 6.07) is 9.10. The summed E-state index contributed by atoms with van der Waals surface area (Å²) in [5.74, 6) is 7.44. The summed E-state index contributed by atoms with van der Waals surface area (Å²) in [4.78, 5) is 17.0. The maximum Gasteiger partial charge on any atom is 0.317 e. The highest BCUT2D eigenvalue weighted by Gasteiger charge is 2.49. The topological polar surface area (TPSA) is 55.8 Å². The zero-order valence-corrected chi connectivity index (χ0v) is 17.6. The van der Waals surface area contributed by atoms with Crippen molar-refractivity contribution in [2.24, 2.45) is 5.92 Å². The van der Waals surface area contributed by atoms with E-state index in [1.54, 1.807) is 0 Å². The lowest BCUT2D eigenvalue weighted by Gasteiger charge is -2.57. The van der Waals surface area contributed by atoms with Gasteiger partial charge in [-0.2, -0.15) is 0 Å². The molecule has 3 aliphatic rings. The van der Waals surface area contributed by atoms with Gasteiger partial charge >= 0.3 is 6.03 Å². The van der Waals surface area contributed by atoms with Gasteiger partial charge in [0.2, 0.25) is 0 Å². The van der Waals surface area contributed by atoms with Gasteiger partial charge in [-0.3, -0.25) is 4.90 Å². The van der Waals surface area contributed by atoms with Crippen molar-refractivity contribution in [1.29, 1.82) is 0 Å². The first-order valence-electron chi connectivity index (χ1n) is 11.1. The number of rotatable bonds is 3. The lowest BCUT2D eigenvalue weighted by atomic mass is 9.74. The molecule has 1 aromatic carbocycles. The van der Waals surface area contributed by atoms with Gasteiger partial charge in [0.05, 0.1) is 6.61 Å². The van der Waals surface area contributed by atoms with E-state index in [9.17, 15) is 9.90 Å². The van der Waals surface area contributed by atoms with Crippen LogP contribution in [-0.2, 0) is 0 Å². The summed E-state index contributed by atoms with van der Waals surface area (Å²) in [5.41, 5.74) is 2.31. The van der Waals surface area contributed by atoms with Crippen LogP contribution in [0.1, 0.15) is 56.6 Å². The van der Waals surface area contributed by atoms with Crippen molar-refractivity contribution in [3.05, 3.63) is 35.4 Å². The Morgan fingerprint density at radius 3 is 2.59 bits per heavy atom. The minimum absolute atomic E-state index is 0.0266. The number of carbonyl (C=O) groups excluding carboxylic acids is 1. The van der Waals surface area contributed by atoms with Crippen molar-refractivity contribution in [1.82, 2.24) is 15.1 Å². The fourth-order valence-electron chi connectivity index (χ4n) is 4.66. The standard InChI is InChI=1S/C24H33N3O2/c1-17(2)25-24(29)26-13-3-4-14-27-21(15-26)23(22(27)16-28)20-11-9-19(10-12-20)8-7-18-5-6-18/h9-12,17-18,21-23,28H,3-6,13-16H2,1-2H3,(H,25,29)/t21-,22+,23+/m1/s1. The second kappa shape index (κ2) is 8.77. The Morgan fingerprint density at radius 2 is 1.93 bits per heavy atom. The van der Waals surface area contributed by atoms with Crippen LogP contribution in [-0.4, -0.2) is 65.3 Å². The Bertz CT molecular complexity index is 776. The minimum Gasteiger partial charge on any atom is -0.395 e. The summed E-state index contributed by atoms with van der Waals surface area (Å²) < 4.78 is 0. The molecule has 2 saturated heterocycles. The molecule has 2 heterocycles. The molecule has 2 aliphatic heterocycles. The molecule has 4 rings (SSSR count). The van der Waals surface area contributed by atoms with Crippen LogP contribution in [0, 0.1) is 17.8 Å². The second-order valence-electron chi connectivity index (χ2n) is 9.00. The number of nitrogens with one attached hydrogen (secondary N) is 1. The zero-order valence-electron chi connectivity index (χ0n) is 17.6. The summed E-state index contributed by atoms with van der Waals surface area (Å²) in [7, 11) is 0. The van der Waals surface area contributed by atoms with Crippen LogP contribution < -0.4 is 5.32 Å². The third kappa shape index (κ3) is 4.60. The lowest BCUT2D eigenvalue weighted by molar-refractivity contribution is -0.0591. The van der Waals surface area contributed by atoms with Gasteiger partial charge in [0, 0.05) is 48.6 Å². The van der Waals surface area contributed by atoms with Crippen molar-refractivity contribution in [3.8, 4) is 11.8 Å². The van der Waals surface area contributed by atoms with Gasteiger partial charge in [0.25, 0.3) is 0 Å². The Kier molecular flexibility index (Phi) is 6.12. The van der Waals surface area contributed by atoms with Crippen LogP contribution in [0.2, 0.25) is 0 Å². The highest BCUT2D eigenvalue weighted by atomic mass is 16.3. The van der Waals surface area contributed by atoms with E-state index in [1.807, 2.05) is 18.7 Å². The van der Waals surface area contributed by atoms with Gasteiger partial charge in [-0.15, -0.1) is 0 Å². The predicted molar refractivity (Wildman–Crippen MR) is 115 cm³/mol. The summed E-state index contributed by atoms with van der Waals surface area (Å²) in [6.45, 7) is 6.66. The predicted octanol–water partition coefficient (Wildman–Crippen LogP) is 2.79. The molecule has 5 heteroatoms. The maximum absolute atomic E-state index is 12.7. The molecule has 1 aliphatic carbocycles. The molecule has 5 nitrogen and oxygen atoms in total. The zero-order chi connectivity index (χ0) is 20.4. The smallest absolute Gasteiger partial charge is 0.317 e. The first-order chi connectivity index (χ1) is 14.1. The van der Waals surface area contributed by atoms with Crippen LogP contribution in [0.4, 0.5) is 4.79 Å². The Labute approximate surface area is 174 Å². The fraction of sp³-hybridized carbons (Fsp3) is 0.625. The number of hydrogen-bond acceptors (Lipinski definition) is 3. The number of nitrogens with zero attached hydrogens (tertiary/aromatic N) is 2. The Morgan fingerprint density at radius 1 is 1.21 bits per heavy atom. The Hall–Kier alpha value is -2.03. The molecule has 1 aromatic rings. The number of urea groups is 1. The molecular formula is C24H33N3O2. The normalized spacial score (nSPS) is 27.2. The molecule has 29 heavy (non-hydrogen) atoms. The highest BCUT2D eigenvalue weighted by Crippen LogP contribution is 2.42. The molecule has 2 N–H and O–H groups in total. The van der Waals surface area contributed by atoms with Crippen molar-refractivity contribution in [2.75, 3.05) is 26.2 Å². The molecule has 2 amide bonds. The van der Waals surface area contributed by atoms with E-state index in [-0.39, 0.29) is 36.7 Å². The number of amides is 2. The van der Waals surface area contributed by atoms with Gasteiger partial charge < -0.3 is 15.3 Å². The monoisotopic (exact) mass is 395 g/mol. The number of carbonyl (C=O) groups is 1. The fourth-order valence-corrected chi connectivity index (χ4v) is 4.66. The lowest BCUT2D eigenvalue weighted by Crippen LogP contribution is -2.68. The van der Waals surface area contributed by atoms with Crippen LogP contribution in [0.25, 0.3) is 0 Å². The molecule has 156 valence electrons. The van der Waals surface area contributed by atoms with Gasteiger partial charge in [-0.05, 0) is 63.8 Å². The molecule has 0 spiro atoms. The molecule has 3 fully saturated rings. The molecule has 1 saturated carbocycles. The molecular weight excluding hydrogens is 362 g/mol. The first-order valence-corrected chi connectivity index (χ1v) is 11.1. The van der Waals surface area contributed by atoms with Crippen LogP contribution in [0.15, 0.2) is 24.3 Å². The highest BCUT2D eigenvalue weighted by molar-refractivity contribution is 5.74. The second-order valence-corrected chi connectivity index (χ2v) is 9.00. The van der Waals surface area contributed by atoms with Crippen molar-refractivity contribution < 1.29 is 9.90 Å². The van der Waals surface area contributed by atoms with Crippen LogP contribution in [0.3, 0.4) is 0 Å². The number of fused-ring (bicyclic) bond motifs is 1. The maximum atomic E-state index is 12.7. The third-order valence-electron chi connectivity index (χ3n) is 6.36. The largest absolute Gasteiger partial charge is 0.395 e. The van der Waals surface area contributed by atoms with Gasteiger partial charge in [0.1, 0.15) is 0 Å². The number of benzene rings is 1. The minimum atomic E-state index is 0.0266. The SMILES string of the molecule is CC(C)NC(=O)N1CCCCN2[C@H](C1)[C@H](c1ccc(C#CC3CC3)cc1)[C@@H]2CO. The number of aliphatic hydroxyl groups excluding tert-OH is 1. The van der Waals surface area contributed by atoms with Gasteiger partial charge in [-0.1, -0.05) is 24.0 Å².